The summed E-state index contributed by atoms with van der Waals surface area (Å²) in [6, 6.07) is 5.50. The zero-order chi connectivity index (χ0) is 13.8. The monoisotopic (exact) mass is 283 g/mol. The van der Waals surface area contributed by atoms with E-state index in [9.17, 15) is 10.1 Å². The van der Waals surface area contributed by atoms with Gasteiger partial charge in [0, 0.05) is 25.2 Å². The molecule has 19 heavy (non-hydrogen) atoms. The quantitative estimate of drug-likeness (QED) is 0.681. The summed E-state index contributed by atoms with van der Waals surface area (Å²) in [6.07, 6.45) is 2.34. The summed E-state index contributed by atoms with van der Waals surface area (Å²) in [5, 5.41) is 14.4. The van der Waals surface area contributed by atoms with E-state index in [2.05, 4.69) is 17.3 Å². The maximum atomic E-state index is 10.9. The lowest BCUT2D eigenvalue weighted by molar-refractivity contribution is -0.384. The SMILES string of the molecule is CN(Cc1ccc(Cl)c([N+](=O)[O-])c1)C1CCCNC1. The summed E-state index contributed by atoms with van der Waals surface area (Å²) < 4.78 is 0. The van der Waals surface area contributed by atoms with Crippen molar-refractivity contribution < 1.29 is 4.92 Å². The van der Waals surface area contributed by atoms with Gasteiger partial charge in [-0.2, -0.15) is 0 Å². The number of hydrogen-bond acceptors (Lipinski definition) is 4. The Bertz CT molecular complexity index is 461. The fourth-order valence-electron chi connectivity index (χ4n) is 2.42. The summed E-state index contributed by atoms with van der Waals surface area (Å²) in [5.74, 6) is 0. The van der Waals surface area contributed by atoms with Gasteiger partial charge in [-0.1, -0.05) is 17.7 Å². The molecule has 1 aromatic rings. The summed E-state index contributed by atoms with van der Waals surface area (Å²) in [7, 11) is 2.05. The highest BCUT2D eigenvalue weighted by Gasteiger charge is 2.19. The van der Waals surface area contributed by atoms with Crippen LogP contribution in [0.15, 0.2) is 18.2 Å². The number of rotatable bonds is 4. The van der Waals surface area contributed by atoms with Crippen molar-refractivity contribution in [3.8, 4) is 0 Å². The summed E-state index contributed by atoms with van der Waals surface area (Å²) in [5.41, 5.74) is 0.901. The van der Waals surface area contributed by atoms with Gasteiger partial charge in [0.15, 0.2) is 0 Å². The van der Waals surface area contributed by atoms with Gasteiger partial charge in [0.2, 0.25) is 0 Å². The Labute approximate surface area is 117 Å². The van der Waals surface area contributed by atoms with Gasteiger partial charge >= 0.3 is 0 Å². The van der Waals surface area contributed by atoms with Crippen LogP contribution >= 0.6 is 11.6 Å². The van der Waals surface area contributed by atoms with Crippen molar-refractivity contribution in [2.75, 3.05) is 20.1 Å². The molecule has 0 aliphatic carbocycles. The standard InChI is InChI=1S/C13H18ClN3O2/c1-16(11-3-2-6-15-8-11)9-10-4-5-12(14)13(7-10)17(18)19/h4-5,7,11,15H,2-3,6,8-9H2,1H3. The molecular weight excluding hydrogens is 266 g/mol. The lowest BCUT2D eigenvalue weighted by atomic mass is 10.1. The van der Waals surface area contributed by atoms with Crippen molar-refractivity contribution in [2.45, 2.75) is 25.4 Å². The zero-order valence-electron chi connectivity index (χ0n) is 10.9. The largest absolute Gasteiger partial charge is 0.315 e. The van der Waals surface area contributed by atoms with Crippen LogP contribution in [0.4, 0.5) is 5.69 Å². The van der Waals surface area contributed by atoms with E-state index in [0.29, 0.717) is 12.6 Å². The van der Waals surface area contributed by atoms with Crippen LogP contribution in [0.3, 0.4) is 0 Å². The molecule has 5 nitrogen and oxygen atoms in total. The molecule has 2 rings (SSSR count). The maximum Gasteiger partial charge on any atom is 0.288 e. The van der Waals surface area contributed by atoms with E-state index in [1.54, 1.807) is 12.1 Å². The number of nitro benzene ring substituents is 1. The third-order valence-electron chi connectivity index (χ3n) is 3.53. The number of halogens is 1. The fourth-order valence-corrected chi connectivity index (χ4v) is 2.61. The molecular formula is C13H18ClN3O2. The minimum Gasteiger partial charge on any atom is -0.315 e. The number of nitro groups is 1. The first-order valence-electron chi connectivity index (χ1n) is 6.41. The average Bonchev–Trinajstić information content (AvgIpc) is 2.41. The summed E-state index contributed by atoms with van der Waals surface area (Å²) >= 11 is 5.81. The highest BCUT2D eigenvalue weighted by Crippen LogP contribution is 2.26. The minimum absolute atomic E-state index is 0.0191. The van der Waals surface area contributed by atoms with Crippen LogP contribution in [0.1, 0.15) is 18.4 Å². The second-order valence-corrected chi connectivity index (χ2v) is 5.37. The first-order valence-corrected chi connectivity index (χ1v) is 6.79. The summed E-state index contributed by atoms with van der Waals surface area (Å²) in [4.78, 5) is 12.7. The Morgan fingerprint density at radius 3 is 3.00 bits per heavy atom. The predicted molar refractivity (Wildman–Crippen MR) is 75.5 cm³/mol. The van der Waals surface area contributed by atoms with Gasteiger partial charge < -0.3 is 5.32 Å². The van der Waals surface area contributed by atoms with Crippen LogP contribution in [0.2, 0.25) is 5.02 Å². The molecule has 0 bridgehead atoms. The molecule has 1 unspecified atom stereocenters. The molecule has 1 aromatic carbocycles. The van der Waals surface area contributed by atoms with Crippen LogP contribution in [-0.2, 0) is 6.54 Å². The van der Waals surface area contributed by atoms with Crippen LogP contribution in [-0.4, -0.2) is 36.0 Å². The lowest BCUT2D eigenvalue weighted by Gasteiger charge is -2.31. The number of piperidine rings is 1. The Morgan fingerprint density at radius 2 is 2.37 bits per heavy atom. The molecule has 1 aliphatic heterocycles. The van der Waals surface area contributed by atoms with E-state index in [1.807, 2.05) is 6.07 Å². The van der Waals surface area contributed by atoms with Crippen molar-refractivity contribution >= 4 is 17.3 Å². The number of benzene rings is 1. The Morgan fingerprint density at radius 1 is 1.58 bits per heavy atom. The van der Waals surface area contributed by atoms with Gasteiger partial charge in [-0.3, -0.25) is 15.0 Å². The molecule has 0 spiro atoms. The van der Waals surface area contributed by atoms with E-state index in [1.165, 1.54) is 12.8 Å². The molecule has 0 radical (unpaired) electrons. The second kappa shape index (κ2) is 6.32. The van der Waals surface area contributed by atoms with Crippen molar-refractivity contribution in [2.24, 2.45) is 0 Å². The molecule has 0 saturated carbocycles. The number of nitrogens with one attached hydrogen (secondary N) is 1. The lowest BCUT2D eigenvalue weighted by Crippen LogP contribution is -2.43. The van der Waals surface area contributed by atoms with Gasteiger partial charge in [0.05, 0.1) is 4.92 Å². The number of hydrogen-bond donors (Lipinski definition) is 1. The minimum atomic E-state index is -0.437. The Balaban J connectivity index is 2.05. The third-order valence-corrected chi connectivity index (χ3v) is 3.85. The molecule has 1 N–H and O–H groups in total. The Hall–Kier alpha value is -1.17. The van der Waals surface area contributed by atoms with Crippen LogP contribution < -0.4 is 5.32 Å². The first kappa shape index (κ1) is 14.2. The third kappa shape index (κ3) is 3.65. The number of nitrogens with zero attached hydrogens (tertiary/aromatic N) is 2. The highest BCUT2D eigenvalue weighted by molar-refractivity contribution is 6.32. The Kier molecular flexibility index (Phi) is 4.74. The van der Waals surface area contributed by atoms with Gasteiger partial charge in [0.25, 0.3) is 5.69 Å². The van der Waals surface area contributed by atoms with Gasteiger partial charge in [0.1, 0.15) is 5.02 Å². The van der Waals surface area contributed by atoms with Crippen LogP contribution in [0, 0.1) is 10.1 Å². The van der Waals surface area contributed by atoms with Crippen molar-refractivity contribution in [3.05, 3.63) is 38.9 Å². The summed E-state index contributed by atoms with van der Waals surface area (Å²) in [6.45, 7) is 2.76. The van der Waals surface area contributed by atoms with E-state index < -0.39 is 4.92 Å². The number of likely N-dealkylation sites (N-methyl/N-ethyl adjacent to an activating group) is 1. The smallest absolute Gasteiger partial charge is 0.288 e. The van der Waals surface area contributed by atoms with Crippen molar-refractivity contribution in [3.63, 3.8) is 0 Å². The van der Waals surface area contributed by atoms with Gasteiger partial charge in [-0.15, -0.1) is 0 Å². The molecule has 1 saturated heterocycles. The first-order chi connectivity index (χ1) is 9.08. The molecule has 0 aromatic heterocycles. The predicted octanol–water partition coefficient (Wildman–Crippen LogP) is 2.43. The van der Waals surface area contributed by atoms with Crippen LogP contribution in [0.25, 0.3) is 0 Å². The topological polar surface area (TPSA) is 58.4 Å². The molecule has 1 heterocycles. The second-order valence-electron chi connectivity index (χ2n) is 4.96. The van der Waals surface area contributed by atoms with E-state index in [4.69, 9.17) is 11.6 Å². The van der Waals surface area contributed by atoms with E-state index in [0.717, 1.165) is 18.7 Å². The van der Waals surface area contributed by atoms with Crippen molar-refractivity contribution in [1.29, 1.82) is 0 Å². The van der Waals surface area contributed by atoms with Crippen LogP contribution in [0.5, 0.6) is 0 Å². The van der Waals surface area contributed by atoms with Gasteiger partial charge in [-0.05, 0) is 38.1 Å². The maximum absolute atomic E-state index is 10.9. The molecule has 1 aliphatic rings. The molecule has 1 fully saturated rings. The molecule has 1 atom stereocenters. The van der Waals surface area contributed by atoms with Gasteiger partial charge in [-0.25, -0.2) is 0 Å². The zero-order valence-corrected chi connectivity index (χ0v) is 11.7. The van der Waals surface area contributed by atoms with E-state index >= 15 is 0 Å². The average molecular weight is 284 g/mol. The fraction of sp³-hybridized carbons (Fsp3) is 0.538. The normalized spacial score (nSPS) is 19.6. The highest BCUT2D eigenvalue weighted by atomic mass is 35.5. The van der Waals surface area contributed by atoms with Crippen molar-refractivity contribution in [1.82, 2.24) is 10.2 Å². The van der Waals surface area contributed by atoms with E-state index in [-0.39, 0.29) is 10.7 Å². The molecule has 6 heteroatoms. The molecule has 104 valence electrons. The molecule has 0 amide bonds.